The lowest BCUT2D eigenvalue weighted by Crippen LogP contribution is -2.32. The van der Waals surface area contributed by atoms with Crippen LogP contribution in [0.15, 0.2) is 24.3 Å². The second-order valence-electron chi connectivity index (χ2n) is 5.63. The lowest BCUT2D eigenvalue weighted by Gasteiger charge is -2.14. The standard InChI is InChI=1S/C17H25NO3/c1-3-5-13(2)18-17(19)14-7-9-15(10-8-14)21-12-16-6-4-11-20-16/h7-10,13,16H,3-6,11-12H2,1-2H3,(H,18,19)/t13-,16+/m0/s1. The van der Waals surface area contributed by atoms with Crippen LogP contribution in [0.5, 0.6) is 5.75 Å². The van der Waals surface area contributed by atoms with Crippen molar-refractivity contribution in [1.82, 2.24) is 5.32 Å². The van der Waals surface area contributed by atoms with Crippen LogP contribution in [0.2, 0.25) is 0 Å². The summed E-state index contributed by atoms with van der Waals surface area (Å²) in [5.74, 6) is 0.755. The van der Waals surface area contributed by atoms with Crippen molar-refractivity contribution in [2.75, 3.05) is 13.2 Å². The van der Waals surface area contributed by atoms with Crippen molar-refractivity contribution in [3.8, 4) is 5.75 Å². The molecule has 4 heteroatoms. The maximum Gasteiger partial charge on any atom is 0.251 e. The second kappa shape index (κ2) is 8.03. The van der Waals surface area contributed by atoms with Crippen LogP contribution in [-0.4, -0.2) is 31.3 Å². The van der Waals surface area contributed by atoms with Crippen molar-refractivity contribution in [2.24, 2.45) is 0 Å². The molecule has 1 amide bonds. The van der Waals surface area contributed by atoms with Crippen molar-refractivity contribution in [3.63, 3.8) is 0 Å². The predicted octanol–water partition coefficient (Wildman–Crippen LogP) is 3.16. The zero-order valence-electron chi connectivity index (χ0n) is 12.9. The summed E-state index contributed by atoms with van der Waals surface area (Å²) in [5.41, 5.74) is 0.669. The molecule has 1 aliphatic rings. The number of rotatable bonds is 7. The lowest BCUT2D eigenvalue weighted by atomic mass is 10.1. The van der Waals surface area contributed by atoms with Crippen molar-refractivity contribution >= 4 is 5.91 Å². The van der Waals surface area contributed by atoms with Crippen LogP contribution in [0.3, 0.4) is 0 Å². The van der Waals surface area contributed by atoms with E-state index in [-0.39, 0.29) is 18.1 Å². The highest BCUT2D eigenvalue weighted by Crippen LogP contribution is 2.16. The molecule has 116 valence electrons. The number of hydrogen-bond acceptors (Lipinski definition) is 3. The van der Waals surface area contributed by atoms with E-state index < -0.39 is 0 Å². The fourth-order valence-corrected chi connectivity index (χ4v) is 2.48. The number of amides is 1. The predicted molar refractivity (Wildman–Crippen MR) is 82.7 cm³/mol. The molecule has 0 bridgehead atoms. The lowest BCUT2D eigenvalue weighted by molar-refractivity contribution is 0.0679. The van der Waals surface area contributed by atoms with E-state index >= 15 is 0 Å². The summed E-state index contributed by atoms with van der Waals surface area (Å²) in [5, 5.41) is 2.99. The monoisotopic (exact) mass is 291 g/mol. The highest BCUT2D eigenvalue weighted by Gasteiger charge is 2.16. The third-order valence-electron chi connectivity index (χ3n) is 3.68. The van der Waals surface area contributed by atoms with E-state index in [1.54, 1.807) is 12.1 Å². The maximum atomic E-state index is 12.0. The van der Waals surface area contributed by atoms with Gasteiger partial charge in [0.05, 0.1) is 6.10 Å². The molecule has 4 nitrogen and oxygen atoms in total. The van der Waals surface area contributed by atoms with E-state index in [0.29, 0.717) is 12.2 Å². The fraction of sp³-hybridized carbons (Fsp3) is 0.588. The molecule has 1 N–H and O–H groups in total. The molecule has 0 aromatic heterocycles. The molecule has 0 unspecified atom stereocenters. The third-order valence-corrected chi connectivity index (χ3v) is 3.68. The SMILES string of the molecule is CCC[C@H](C)NC(=O)c1ccc(OC[C@H]2CCCO2)cc1. The Balaban J connectivity index is 1.81. The van der Waals surface area contributed by atoms with E-state index in [0.717, 1.165) is 38.0 Å². The van der Waals surface area contributed by atoms with Crippen molar-refractivity contribution in [3.05, 3.63) is 29.8 Å². The first-order valence-electron chi connectivity index (χ1n) is 7.84. The summed E-state index contributed by atoms with van der Waals surface area (Å²) < 4.78 is 11.2. The van der Waals surface area contributed by atoms with Gasteiger partial charge in [0.25, 0.3) is 5.91 Å². The molecule has 0 radical (unpaired) electrons. The highest BCUT2D eigenvalue weighted by atomic mass is 16.5. The Morgan fingerprint density at radius 3 is 2.81 bits per heavy atom. The van der Waals surface area contributed by atoms with E-state index in [1.165, 1.54) is 0 Å². The summed E-state index contributed by atoms with van der Waals surface area (Å²) in [7, 11) is 0. The molecular weight excluding hydrogens is 266 g/mol. The van der Waals surface area contributed by atoms with Gasteiger partial charge in [-0.05, 0) is 50.5 Å². The first kappa shape index (κ1) is 15.8. The van der Waals surface area contributed by atoms with E-state index in [2.05, 4.69) is 12.2 Å². The molecular formula is C17H25NO3. The normalized spacial score (nSPS) is 19.2. The Kier molecular flexibility index (Phi) is 6.05. The van der Waals surface area contributed by atoms with Gasteiger partial charge < -0.3 is 14.8 Å². The minimum Gasteiger partial charge on any atom is -0.491 e. The first-order chi connectivity index (χ1) is 10.2. The average Bonchev–Trinajstić information content (AvgIpc) is 2.99. The molecule has 2 atom stereocenters. The van der Waals surface area contributed by atoms with Crippen LogP contribution in [0.4, 0.5) is 0 Å². The van der Waals surface area contributed by atoms with Crippen LogP contribution in [-0.2, 0) is 4.74 Å². The number of carbonyl (C=O) groups excluding carboxylic acids is 1. The number of benzene rings is 1. The van der Waals surface area contributed by atoms with Gasteiger partial charge in [0.1, 0.15) is 12.4 Å². The molecule has 1 aromatic rings. The van der Waals surface area contributed by atoms with Gasteiger partial charge in [0.2, 0.25) is 0 Å². The van der Waals surface area contributed by atoms with Crippen LogP contribution >= 0.6 is 0 Å². The second-order valence-corrected chi connectivity index (χ2v) is 5.63. The minimum absolute atomic E-state index is 0.0263. The summed E-state index contributed by atoms with van der Waals surface area (Å²) in [6.45, 7) is 5.56. The Bertz CT molecular complexity index is 438. The van der Waals surface area contributed by atoms with Gasteiger partial charge in [-0.3, -0.25) is 4.79 Å². The maximum absolute atomic E-state index is 12.0. The number of ether oxygens (including phenoxy) is 2. The molecule has 2 rings (SSSR count). The Labute approximate surface area is 126 Å². The summed E-state index contributed by atoms with van der Waals surface area (Å²) >= 11 is 0. The molecule has 0 saturated carbocycles. The summed E-state index contributed by atoms with van der Waals surface area (Å²) in [6.07, 6.45) is 4.45. The van der Waals surface area contributed by atoms with Crippen molar-refractivity contribution in [2.45, 2.75) is 51.7 Å². The molecule has 0 aliphatic carbocycles. The Morgan fingerprint density at radius 2 is 2.19 bits per heavy atom. The molecule has 1 fully saturated rings. The quantitative estimate of drug-likeness (QED) is 0.839. The highest BCUT2D eigenvalue weighted by molar-refractivity contribution is 5.94. The summed E-state index contributed by atoms with van der Waals surface area (Å²) in [4.78, 5) is 12.0. The molecule has 1 saturated heterocycles. The Hall–Kier alpha value is -1.55. The van der Waals surface area contributed by atoms with Crippen LogP contribution < -0.4 is 10.1 Å². The summed E-state index contributed by atoms with van der Waals surface area (Å²) in [6, 6.07) is 7.50. The molecule has 1 heterocycles. The van der Waals surface area contributed by atoms with Gasteiger partial charge in [-0.2, -0.15) is 0 Å². The van der Waals surface area contributed by atoms with Crippen molar-refractivity contribution in [1.29, 1.82) is 0 Å². The van der Waals surface area contributed by atoms with Crippen molar-refractivity contribution < 1.29 is 14.3 Å². The first-order valence-corrected chi connectivity index (χ1v) is 7.84. The average molecular weight is 291 g/mol. The van der Waals surface area contributed by atoms with Gasteiger partial charge in [0, 0.05) is 18.2 Å². The number of hydrogen-bond donors (Lipinski definition) is 1. The number of nitrogens with one attached hydrogen (secondary N) is 1. The van der Waals surface area contributed by atoms with Gasteiger partial charge in [0.15, 0.2) is 0 Å². The number of carbonyl (C=O) groups is 1. The molecule has 0 spiro atoms. The molecule has 21 heavy (non-hydrogen) atoms. The van der Waals surface area contributed by atoms with E-state index in [9.17, 15) is 4.79 Å². The van der Waals surface area contributed by atoms with Crippen LogP contribution in [0.1, 0.15) is 49.9 Å². The molecule has 1 aliphatic heterocycles. The minimum atomic E-state index is -0.0263. The van der Waals surface area contributed by atoms with E-state index in [1.807, 2.05) is 19.1 Å². The fourth-order valence-electron chi connectivity index (χ4n) is 2.48. The van der Waals surface area contributed by atoms with Gasteiger partial charge in [-0.1, -0.05) is 13.3 Å². The smallest absolute Gasteiger partial charge is 0.251 e. The van der Waals surface area contributed by atoms with Crippen LogP contribution in [0, 0.1) is 0 Å². The van der Waals surface area contributed by atoms with Gasteiger partial charge in [-0.25, -0.2) is 0 Å². The third kappa shape index (κ3) is 5.05. The zero-order valence-corrected chi connectivity index (χ0v) is 12.9. The topological polar surface area (TPSA) is 47.6 Å². The van der Waals surface area contributed by atoms with Crippen LogP contribution in [0.25, 0.3) is 0 Å². The van der Waals surface area contributed by atoms with E-state index in [4.69, 9.17) is 9.47 Å². The largest absolute Gasteiger partial charge is 0.491 e. The zero-order chi connectivity index (χ0) is 15.1. The van der Waals surface area contributed by atoms with Gasteiger partial charge >= 0.3 is 0 Å². The van der Waals surface area contributed by atoms with Gasteiger partial charge in [-0.15, -0.1) is 0 Å². The molecule has 1 aromatic carbocycles. The Morgan fingerprint density at radius 1 is 1.43 bits per heavy atom.